The molecular formula is C15H13N5O3S. The minimum absolute atomic E-state index is 0.251. The number of carbonyl (C=O) groups is 2. The summed E-state index contributed by atoms with van der Waals surface area (Å²) in [7, 11) is 1.58. The first-order valence-electron chi connectivity index (χ1n) is 7.33. The lowest BCUT2D eigenvalue weighted by Gasteiger charge is -2.12. The lowest BCUT2D eigenvalue weighted by molar-refractivity contribution is 0.0656. The molecule has 4 rings (SSSR count). The normalized spacial score (nSPS) is 14.0. The molecule has 0 aliphatic carbocycles. The lowest BCUT2D eigenvalue weighted by atomic mass is 10.1. The van der Waals surface area contributed by atoms with Crippen LogP contribution in [0.3, 0.4) is 0 Å². The minimum atomic E-state index is -0.251. The largest absolute Gasteiger partial charge is 0.377 e. The van der Waals surface area contributed by atoms with Crippen molar-refractivity contribution < 1.29 is 14.3 Å². The molecular weight excluding hydrogens is 330 g/mol. The molecule has 0 N–H and O–H groups in total. The average Bonchev–Trinajstić information content (AvgIpc) is 3.22. The van der Waals surface area contributed by atoms with E-state index in [1.807, 2.05) is 0 Å². The maximum Gasteiger partial charge on any atom is 0.261 e. The Bertz CT molecular complexity index is 913. The first kappa shape index (κ1) is 14.9. The van der Waals surface area contributed by atoms with Crippen molar-refractivity contribution in [3.8, 4) is 0 Å². The monoisotopic (exact) mass is 343 g/mol. The Balaban J connectivity index is 1.52. The summed E-state index contributed by atoms with van der Waals surface area (Å²) in [5, 5.41) is 13.3. The highest BCUT2D eigenvalue weighted by atomic mass is 32.1. The molecule has 122 valence electrons. The van der Waals surface area contributed by atoms with E-state index in [0.29, 0.717) is 34.9 Å². The second-order valence-corrected chi connectivity index (χ2v) is 6.34. The molecule has 0 atom stereocenters. The molecule has 2 aromatic heterocycles. The van der Waals surface area contributed by atoms with Gasteiger partial charge in [-0.3, -0.25) is 14.5 Å². The van der Waals surface area contributed by atoms with Gasteiger partial charge in [0.2, 0.25) is 4.96 Å². The van der Waals surface area contributed by atoms with Crippen LogP contribution in [0.15, 0.2) is 24.3 Å². The summed E-state index contributed by atoms with van der Waals surface area (Å²) in [4.78, 5) is 26.6. The second kappa shape index (κ2) is 5.77. The van der Waals surface area contributed by atoms with Gasteiger partial charge in [-0.2, -0.15) is 9.61 Å². The van der Waals surface area contributed by atoms with E-state index in [-0.39, 0.29) is 18.4 Å². The molecule has 0 saturated carbocycles. The predicted molar refractivity (Wildman–Crippen MR) is 84.9 cm³/mol. The van der Waals surface area contributed by atoms with E-state index in [4.69, 9.17) is 4.74 Å². The Hall–Kier alpha value is -2.65. The highest BCUT2D eigenvalue weighted by Gasteiger charge is 2.34. The van der Waals surface area contributed by atoms with E-state index < -0.39 is 0 Å². The predicted octanol–water partition coefficient (Wildman–Crippen LogP) is 1.17. The van der Waals surface area contributed by atoms with Gasteiger partial charge in [0.05, 0.1) is 11.1 Å². The summed E-state index contributed by atoms with van der Waals surface area (Å²) in [6.45, 7) is 0.610. The molecule has 0 spiro atoms. The van der Waals surface area contributed by atoms with Gasteiger partial charge in [-0.15, -0.1) is 10.2 Å². The van der Waals surface area contributed by atoms with Crippen LogP contribution >= 0.6 is 11.3 Å². The smallest absolute Gasteiger partial charge is 0.261 e. The number of fused-ring (bicyclic) bond motifs is 2. The number of imide groups is 1. The number of hydrogen-bond acceptors (Lipinski definition) is 7. The molecule has 1 aliphatic heterocycles. The first-order valence-corrected chi connectivity index (χ1v) is 8.15. The summed E-state index contributed by atoms with van der Waals surface area (Å²) < 4.78 is 6.68. The van der Waals surface area contributed by atoms with Gasteiger partial charge < -0.3 is 4.74 Å². The van der Waals surface area contributed by atoms with Gasteiger partial charge in [0.15, 0.2) is 5.82 Å². The van der Waals surface area contributed by atoms with Crippen LogP contribution in [0.4, 0.5) is 0 Å². The molecule has 3 aromatic rings. The van der Waals surface area contributed by atoms with Gasteiger partial charge in [0, 0.05) is 20.1 Å². The number of hydrogen-bond donors (Lipinski definition) is 0. The molecule has 1 aliphatic rings. The van der Waals surface area contributed by atoms with Crippen molar-refractivity contribution in [2.24, 2.45) is 0 Å². The lowest BCUT2D eigenvalue weighted by Crippen LogP contribution is -2.31. The highest BCUT2D eigenvalue weighted by molar-refractivity contribution is 7.16. The standard InChI is InChI=1S/C15H13N5O3S/c1-23-8-11-16-17-15-20(11)18-12(24-15)6-7-19-13(21)9-4-2-3-5-10(9)14(19)22/h2-5H,6-8H2,1H3. The maximum atomic E-state index is 12.3. The third-order valence-electron chi connectivity index (χ3n) is 3.80. The van der Waals surface area contributed by atoms with Gasteiger partial charge in [0.1, 0.15) is 11.6 Å². The van der Waals surface area contributed by atoms with Crippen LogP contribution in [0, 0.1) is 0 Å². The summed E-state index contributed by atoms with van der Waals surface area (Å²) in [5.74, 6) is 0.119. The van der Waals surface area contributed by atoms with Gasteiger partial charge >= 0.3 is 0 Å². The Morgan fingerprint density at radius 2 is 1.83 bits per heavy atom. The number of aromatic nitrogens is 4. The number of methoxy groups -OCH3 is 1. The summed E-state index contributed by atoms with van der Waals surface area (Å²) in [5.41, 5.74) is 0.922. The molecule has 0 fully saturated rings. The van der Waals surface area contributed by atoms with Crippen LogP contribution < -0.4 is 0 Å². The van der Waals surface area contributed by atoms with Gasteiger partial charge in [-0.25, -0.2) is 0 Å². The minimum Gasteiger partial charge on any atom is -0.377 e. The van der Waals surface area contributed by atoms with Gasteiger partial charge in [-0.05, 0) is 12.1 Å². The van der Waals surface area contributed by atoms with Crippen molar-refractivity contribution in [3.63, 3.8) is 0 Å². The molecule has 0 saturated heterocycles. The number of rotatable bonds is 5. The molecule has 24 heavy (non-hydrogen) atoms. The molecule has 1 aromatic carbocycles. The summed E-state index contributed by atoms with van der Waals surface area (Å²) >= 11 is 1.39. The van der Waals surface area contributed by atoms with Crippen molar-refractivity contribution >= 4 is 28.1 Å². The molecule has 0 unspecified atom stereocenters. The molecule has 2 amide bonds. The Kier molecular flexibility index (Phi) is 3.58. The van der Waals surface area contributed by atoms with Crippen molar-refractivity contribution in [3.05, 3.63) is 46.2 Å². The van der Waals surface area contributed by atoms with Crippen LogP contribution in [0.5, 0.6) is 0 Å². The number of ether oxygens (including phenoxy) is 1. The zero-order valence-corrected chi connectivity index (χ0v) is 13.6. The SMILES string of the molecule is COCc1nnc2sc(CCN3C(=O)c4ccccc4C3=O)nn12. The first-order chi connectivity index (χ1) is 11.7. The number of carbonyl (C=O) groups excluding carboxylic acids is 2. The summed E-state index contributed by atoms with van der Waals surface area (Å²) in [6, 6.07) is 6.87. The number of nitrogens with zero attached hydrogens (tertiary/aromatic N) is 5. The number of benzene rings is 1. The molecule has 0 bridgehead atoms. The quantitative estimate of drug-likeness (QED) is 0.646. The zero-order chi connectivity index (χ0) is 16.7. The highest BCUT2D eigenvalue weighted by Crippen LogP contribution is 2.23. The van der Waals surface area contributed by atoms with Gasteiger partial charge in [-0.1, -0.05) is 23.5 Å². The van der Waals surface area contributed by atoms with Crippen molar-refractivity contribution in [1.82, 2.24) is 24.7 Å². The van der Waals surface area contributed by atoms with Gasteiger partial charge in [0.25, 0.3) is 11.8 Å². The third-order valence-corrected chi connectivity index (χ3v) is 4.76. The van der Waals surface area contributed by atoms with E-state index in [1.54, 1.807) is 35.9 Å². The van der Waals surface area contributed by atoms with Crippen molar-refractivity contribution in [2.45, 2.75) is 13.0 Å². The Morgan fingerprint density at radius 1 is 1.12 bits per heavy atom. The Morgan fingerprint density at radius 3 is 2.50 bits per heavy atom. The fraction of sp³-hybridized carbons (Fsp3) is 0.267. The van der Waals surface area contributed by atoms with Crippen LogP contribution in [-0.2, 0) is 17.8 Å². The van der Waals surface area contributed by atoms with Crippen LogP contribution in [0.1, 0.15) is 31.5 Å². The van der Waals surface area contributed by atoms with Crippen molar-refractivity contribution in [1.29, 1.82) is 0 Å². The van der Waals surface area contributed by atoms with E-state index in [0.717, 1.165) is 5.01 Å². The molecule has 9 heteroatoms. The molecule has 8 nitrogen and oxygen atoms in total. The van der Waals surface area contributed by atoms with Crippen LogP contribution in [0.2, 0.25) is 0 Å². The van der Waals surface area contributed by atoms with E-state index in [1.165, 1.54) is 16.2 Å². The Labute approximate surface area is 140 Å². The van der Waals surface area contributed by atoms with Crippen LogP contribution in [-0.4, -0.2) is 50.2 Å². The van der Waals surface area contributed by atoms with Crippen LogP contribution in [0.25, 0.3) is 4.96 Å². The molecule has 0 radical (unpaired) electrons. The second-order valence-electron chi connectivity index (χ2n) is 5.30. The van der Waals surface area contributed by atoms with Crippen molar-refractivity contribution in [2.75, 3.05) is 13.7 Å². The summed E-state index contributed by atoms with van der Waals surface area (Å²) in [6.07, 6.45) is 0.478. The molecule has 3 heterocycles. The van der Waals surface area contributed by atoms with E-state index in [2.05, 4.69) is 15.3 Å². The zero-order valence-electron chi connectivity index (χ0n) is 12.8. The fourth-order valence-electron chi connectivity index (χ4n) is 2.67. The third kappa shape index (κ3) is 2.29. The van der Waals surface area contributed by atoms with E-state index in [9.17, 15) is 9.59 Å². The van der Waals surface area contributed by atoms with E-state index >= 15 is 0 Å². The number of amides is 2. The fourth-order valence-corrected chi connectivity index (χ4v) is 3.51. The topological polar surface area (TPSA) is 89.7 Å². The maximum absolute atomic E-state index is 12.3. The average molecular weight is 343 g/mol.